The number of aromatic nitrogens is 1. The molecule has 0 saturated heterocycles. The molecule has 1 heterocycles. The highest BCUT2D eigenvalue weighted by Crippen LogP contribution is 2.75. The van der Waals surface area contributed by atoms with E-state index in [1.165, 1.54) is 11.1 Å². The van der Waals surface area contributed by atoms with E-state index in [1.807, 2.05) is 6.92 Å². The number of carboxylic acid groups (broad SMARTS) is 1. The molecule has 3 fully saturated rings. The lowest BCUT2D eigenvalue weighted by molar-refractivity contribution is -0.179. The molecule has 3 saturated carbocycles. The van der Waals surface area contributed by atoms with Gasteiger partial charge in [0.1, 0.15) is 11.6 Å². The van der Waals surface area contributed by atoms with Gasteiger partial charge in [-0.05, 0) is 116 Å². The van der Waals surface area contributed by atoms with Crippen molar-refractivity contribution in [2.24, 2.45) is 51.2 Å². The summed E-state index contributed by atoms with van der Waals surface area (Å²) < 4.78 is 5.82. The van der Waals surface area contributed by atoms with Gasteiger partial charge < -0.3 is 9.84 Å². The molecule has 0 spiro atoms. The second-order valence-electron chi connectivity index (χ2n) is 15.9. The number of hydrogen-bond acceptors (Lipinski definition) is 4. The fraction of sp³-hybridized carbons (Fsp3) is 0.750. The molecule has 0 aliphatic heterocycles. The van der Waals surface area contributed by atoms with Gasteiger partial charge in [-0.2, -0.15) is 5.26 Å². The van der Waals surface area contributed by atoms with Crippen molar-refractivity contribution in [2.45, 2.75) is 112 Å². The highest BCUT2D eigenvalue weighted by atomic mass is 16.5. The molecule has 5 heteroatoms. The lowest BCUT2D eigenvalue weighted by atomic mass is 9.33. The number of allylic oxidation sites excluding steroid dienone is 2. The molecule has 0 radical (unpaired) electrons. The first-order chi connectivity index (χ1) is 19.2. The molecule has 5 aliphatic carbocycles. The molecule has 5 nitrogen and oxygen atoms in total. The van der Waals surface area contributed by atoms with E-state index < -0.39 is 11.4 Å². The van der Waals surface area contributed by atoms with Crippen LogP contribution in [0.15, 0.2) is 17.7 Å². The SMILES string of the molecule is CCOc1nc2c(cc1C#N)C[C@]1(C)[C@H]3CC=C4[C@@H]5[C@@H](C)[C@H](C)CC[C@]5(C(=O)O)CC[C@@]4(C)[C@]3(C)CC[C@H]1C2(C)C. The van der Waals surface area contributed by atoms with E-state index >= 15 is 0 Å². The van der Waals surface area contributed by atoms with Crippen LogP contribution in [0.4, 0.5) is 0 Å². The van der Waals surface area contributed by atoms with Crippen molar-refractivity contribution in [1.82, 2.24) is 4.98 Å². The zero-order valence-electron chi connectivity index (χ0n) is 26.6. The highest BCUT2D eigenvalue weighted by Gasteiger charge is 2.69. The molecule has 0 amide bonds. The Morgan fingerprint density at radius 3 is 2.49 bits per heavy atom. The van der Waals surface area contributed by atoms with Gasteiger partial charge in [-0.1, -0.05) is 60.1 Å². The molecular weight excluding hydrogens is 508 g/mol. The van der Waals surface area contributed by atoms with Crippen molar-refractivity contribution in [3.8, 4) is 11.9 Å². The Hall–Kier alpha value is -2.35. The Morgan fingerprint density at radius 1 is 1.10 bits per heavy atom. The van der Waals surface area contributed by atoms with Crippen molar-refractivity contribution < 1.29 is 14.6 Å². The van der Waals surface area contributed by atoms with Crippen molar-refractivity contribution in [1.29, 1.82) is 5.26 Å². The van der Waals surface area contributed by atoms with E-state index in [0.717, 1.165) is 57.1 Å². The molecule has 222 valence electrons. The summed E-state index contributed by atoms with van der Waals surface area (Å²) in [7, 11) is 0. The minimum Gasteiger partial charge on any atom is -0.481 e. The van der Waals surface area contributed by atoms with Crippen molar-refractivity contribution in [3.63, 3.8) is 0 Å². The van der Waals surface area contributed by atoms with Crippen LogP contribution in [0.1, 0.15) is 117 Å². The second kappa shape index (κ2) is 9.08. The van der Waals surface area contributed by atoms with E-state index in [4.69, 9.17) is 9.72 Å². The van der Waals surface area contributed by atoms with Gasteiger partial charge in [0.15, 0.2) is 0 Å². The van der Waals surface area contributed by atoms with Crippen LogP contribution in [0.3, 0.4) is 0 Å². The highest BCUT2D eigenvalue weighted by molar-refractivity contribution is 5.76. The van der Waals surface area contributed by atoms with Gasteiger partial charge in [0, 0.05) is 5.41 Å². The van der Waals surface area contributed by atoms with E-state index in [1.54, 1.807) is 0 Å². The van der Waals surface area contributed by atoms with Crippen LogP contribution < -0.4 is 4.74 Å². The standard InChI is InChI=1S/C36H50N2O3/c1-9-41-30-24(20-37)18-23-19-33(6)26(32(4,5)29(23)38-30)13-14-35(8)27(33)11-10-25-28-22(3)21(2)12-15-36(28,31(39)40)17-16-34(25,35)7/h10,18,21-22,26-28H,9,11-17,19H2,1-8H3,(H,39,40)/t21-,22+,26+,27-,28+,33+,34-,35-,36+/m1/s1. The van der Waals surface area contributed by atoms with Crippen LogP contribution in [-0.4, -0.2) is 22.7 Å². The van der Waals surface area contributed by atoms with E-state index in [9.17, 15) is 15.2 Å². The van der Waals surface area contributed by atoms with Gasteiger partial charge >= 0.3 is 5.97 Å². The zero-order valence-corrected chi connectivity index (χ0v) is 26.6. The van der Waals surface area contributed by atoms with Crippen LogP contribution in [0.25, 0.3) is 0 Å². The Morgan fingerprint density at radius 2 is 1.83 bits per heavy atom. The molecule has 1 aromatic rings. The van der Waals surface area contributed by atoms with Crippen LogP contribution in [0.2, 0.25) is 0 Å². The smallest absolute Gasteiger partial charge is 0.310 e. The maximum atomic E-state index is 13.0. The Balaban J connectivity index is 1.47. The predicted molar refractivity (Wildman–Crippen MR) is 160 cm³/mol. The molecule has 5 aliphatic rings. The molecule has 9 atom stereocenters. The summed E-state index contributed by atoms with van der Waals surface area (Å²) in [5.41, 5.74) is 3.75. The van der Waals surface area contributed by atoms with Crippen molar-refractivity contribution in [2.75, 3.05) is 6.61 Å². The van der Waals surface area contributed by atoms with Crippen molar-refractivity contribution in [3.05, 3.63) is 34.5 Å². The topological polar surface area (TPSA) is 83.2 Å². The summed E-state index contributed by atoms with van der Waals surface area (Å²) >= 11 is 0. The summed E-state index contributed by atoms with van der Waals surface area (Å²) in [5.74, 6) is 1.94. The van der Waals surface area contributed by atoms with Crippen LogP contribution >= 0.6 is 0 Å². The molecule has 1 aromatic heterocycles. The molecule has 0 aromatic carbocycles. The molecule has 6 rings (SSSR count). The number of nitriles is 1. The molecule has 0 unspecified atom stereocenters. The first-order valence-electron chi connectivity index (χ1n) is 16.2. The van der Waals surface area contributed by atoms with Crippen LogP contribution in [0.5, 0.6) is 5.88 Å². The minimum absolute atomic E-state index is 0.00184. The quantitative estimate of drug-likeness (QED) is 0.379. The number of aliphatic carboxylic acids is 1. The van der Waals surface area contributed by atoms with Gasteiger partial charge in [-0.3, -0.25) is 4.79 Å². The van der Waals surface area contributed by atoms with Gasteiger partial charge in [0.25, 0.3) is 0 Å². The Bertz CT molecular complexity index is 1360. The predicted octanol–water partition coefficient (Wildman–Crippen LogP) is 8.11. The van der Waals surface area contributed by atoms with Crippen LogP contribution in [0, 0.1) is 62.6 Å². The molecule has 41 heavy (non-hydrogen) atoms. The largest absolute Gasteiger partial charge is 0.481 e. The number of ether oxygens (including phenoxy) is 1. The fourth-order valence-electron chi connectivity index (χ4n) is 11.8. The zero-order chi connectivity index (χ0) is 29.8. The number of nitrogens with zero attached hydrogens (tertiary/aromatic N) is 2. The maximum Gasteiger partial charge on any atom is 0.310 e. The summed E-state index contributed by atoms with van der Waals surface area (Å²) in [5, 5.41) is 20.6. The summed E-state index contributed by atoms with van der Waals surface area (Å²) in [6.45, 7) is 19.5. The van der Waals surface area contributed by atoms with Gasteiger partial charge in [-0.25, -0.2) is 4.98 Å². The summed E-state index contributed by atoms with van der Waals surface area (Å²) in [6, 6.07) is 4.42. The lowest BCUT2D eigenvalue weighted by Crippen LogP contribution is -2.65. The van der Waals surface area contributed by atoms with Crippen molar-refractivity contribution >= 4 is 5.97 Å². The number of rotatable bonds is 3. The lowest BCUT2D eigenvalue weighted by Gasteiger charge is -2.70. The number of pyridine rings is 1. The van der Waals surface area contributed by atoms with Gasteiger partial charge in [-0.15, -0.1) is 0 Å². The minimum atomic E-state index is -0.606. The van der Waals surface area contributed by atoms with E-state index in [2.05, 4.69) is 66.7 Å². The second-order valence-corrected chi connectivity index (χ2v) is 15.9. The van der Waals surface area contributed by atoms with Gasteiger partial charge in [0.2, 0.25) is 5.88 Å². The third-order valence-electron chi connectivity index (χ3n) is 14.2. The third kappa shape index (κ3) is 3.52. The maximum absolute atomic E-state index is 13.0. The number of carboxylic acids is 1. The first-order valence-corrected chi connectivity index (χ1v) is 16.2. The third-order valence-corrected chi connectivity index (χ3v) is 14.2. The normalized spacial score (nSPS) is 44.1. The number of carbonyl (C=O) groups is 1. The number of hydrogen-bond donors (Lipinski definition) is 1. The van der Waals surface area contributed by atoms with E-state index in [-0.39, 0.29) is 27.6 Å². The first kappa shape index (κ1) is 28.8. The Labute approximate surface area is 247 Å². The Kier molecular flexibility index (Phi) is 6.36. The molecular formula is C36H50N2O3. The summed E-state index contributed by atoms with van der Waals surface area (Å²) in [6.07, 6.45) is 10.4. The van der Waals surface area contributed by atoms with Gasteiger partial charge in [0.05, 0.1) is 17.7 Å². The van der Waals surface area contributed by atoms with Crippen LogP contribution in [-0.2, 0) is 16.6 Å². The molecule has 1 N–H and O–H groups in total. The molecule has 0 bridgehead atoms. The average Bonchev–Trinajstić information content (AvgIpc) is 2.91. The monoisotopic (exact) mass is 558 g/mol. The number of fused-ring (bicyclic) bond motifs is 8. The summed E-state index contributed by atoms with van der Waals surface area (Å²) in [4.78, 5) is 18.0. The average molecular weight is 559 g/mol. The fourth-order valence-corrected chi connectivity index (χ4v) is 11.8. The van der Waals surface area contributed by atoms with E-state index in [0.29, 0.717) is 41.7 Å².